The average Bonchev–Trinajstić information content (AvgIpc) is 3.52. The zero-order chi connectivity index (χ0) is 24.4. The summed E-state index contributed by atoms with van der Waals surface area (Å²) in [5.74, 6) is -0.335. The number of ether oxygens (including phenoxy) is 1. The van der Waals surface area contributed by atoms with Gasteiger partial charge in [-0.05, 0) is 23.8 Å². The Kier molecular flexibility index (Phi) is 6.30. The quantitative estimate of drug-likeness (QED) is 0.290. The molecule has 4 aromatic heterocycles. The van der Waals surface area contributed by atoms with Gasteiger partial charge in [-0.25, -0.2) is 4.79 Å². The van der Waals surface area contributed by atoms with E-state index in [9.17, 15) is 9.59 Å². The molecule has 5 aromatic rings. The highest BCUT2D eigenvalue weighted by Gasteiger charge is 2.18. The molecular weight excluding hydrogens is 484 g/mol. The smallest absolute Gasteiger partial charge is 0.413 e. The number of fused-ring (bicyclic) bond motifs is 1. The molecule has 0 spiro atoms. The van der Waals surface area contributed by atoms with Crippen molar-refractivity contribution in [2.24, 2.45) is 7.05 Å². The third-order valence-electron chi connectivity index (χ3n) is 5.29. The first-order chi connectivity index (χ1) is 17.0. The van der Waals surface area contributed by atoms with E-state index in [2.05, 4.69) is 27.5 Å². The Morgan fingerprint density at radius 1 is 1.03 bits per heavy atom. The first-order valence-electron chi connectivity index (χ1n) is 10.7. The van der Waals surface area contributed by atoms with Crippen LogP contribution in [-0.4, -0.2) is 31.9 Å². The van der Waals surface area contributed by atoms with E-state index < -0.39 is 12.1 Å². The monoisotopic (exact) mass is 504 g/mol. The molecule has 0 bridgehead atoms. The van der Waals surface area contributed by atoms with E-state index in [-0.39, 0.29) is 13.0 Å². The molecule has 35 heavy (non-hydrogen) atoms. The first kappa shape index (κ1) is 22.8. The minimum atomic E-state index is -0.900. The van der Waals surface area contributed by atoms with Crippen molar-refractivity contribution in [2.75, 3.05) is 5.32 Å². The number of carbonyl (C=O) groups excluding carboxylic acids is 1. The highest BCUT2D eigenvalue weighted by Crippen LogP contribution is 2.43. The summed E-state index contributed by atoms with van der Waals surface area (Å²) < 4.78 is 9.19. The second-order valence-electron chi connectivity index (χ2n) is 7.78. The highest BCUT2D eigenvalue weighted by molar-refractivity contribution is 7.31. The predicted molar refractivity (Wildman–Crippen MR) is 137 cm³/mol. The summed E-state index contributed by atoms with van der Waals surface area (Å²) in [6.45, 7) is 0.184. The Bertz CT molecular complexity index is 1470. The fourth-order valence-electron chi connectivity index (χ4n) is 3.56. The van der Waals surface area contributed by atoms with Crippen LogP contribution >= 0.6 is 22.7 Å². The normalized spacial score (nSPS) is 11.0. The molecule has 0 saturated heterocycles. The van der Waals surface area contributed by atoms with E-state index in [1.54, 1.807) is 52.9 Å². The van der Waals surface area contributed by atoms with Crippen molar-refractivity contribution in [3.63, 3.8) is 0 Å². The van der Waals surface area contributed by atoms with Crippen molar-refractivity contribution < 1.29 is 19.4 Å². The predicted octanol–water partition coefficient (Wildman–Crippen LogP) is 5.80. The number of anilines is 1. The van der Waals surface area contributed by atoms with E-state index in [1.807, 2.05) is 36.4 Å². The van der Waals surface area contributed by atoms with E-state index in [0.717, 1.165) is 35.8 Å². The fourth-order valence-corrected chi connectivity index (χ4v) is 5.96. The third-order valence-corrected chi connectivity index (χ3v) is 7.66. The van der Waals surface area contributed by atoms with Crippen LogP contribution in [0.1, 0.15) is 11.3 Å². The number of hydrogen-bond acceptors (Lipinski definition) is 7. The van der Waals surface area contributed by atoms with Crippen molar-refractivity contribution in [2.45, 2.75) is 13.0 Å². The van der Waals surface area contributed by atoms with Crippen molar-refractivity contribution in [1.82, 2.24) is 14.8 Å². The molecule has 0 aliphatic heterocycles. The number of rotatable bonds is 7. The number of aryl methyl sites for hydroxylation is 1. The summed E-state index contributed by atoms with van der Waals surface area (Å²) in [7, 11) is 1.77. The minimum absolute atomic E-state index is 0.0928. The van der Waals surface area contributed by atoms with Gasteiger partial charge in [0.1, 0.15) is 12.4 Å². The van der Waals surface area contributed by atoms with Gasteiger partial charge < -0.3 is 9.84 Å². The van der Waals surface area contributed by atoms with Gasteiger partial charge in [-0.1, -0.05) is 36.4 Å². The summed E-state index contributed by atoms with van der Waals surface area (Å²) in [6, 6.07) is 17.3. The van der Waals surface area contributed by atoms with Gasteiger partial charge in [-0.15, -0.1) is 22.7 Å². The maximum absolute atomic E-state index is 12.4. The van der Waals surface area contributed by atoms with Gasteiger partial charge in [0.05, 0.1) is 23.9 Å². The Hall–Kier alpha value is -4.02. The summed E-state index contributed by atoms with van der Waals surface area (Å²) >= 11 is 3.24. The number of carboxylic acid groups (broad SMARTS) is 1. The standard InChI is InChI=1S/C25H20N4O4S2/c1-29-24(28-25(32)33-14-15-5-3-2-4-6-15)18(13-27-29)20-11-22-21(35-20)10-19(34-22)16-7-8-17(26-12-16)9-23(30)31/h2-8,10-13H,9,14H2,1H3,(H,28,32)(H,30,31). The van der Waals surface area contributed by atoms with Crippen molar-refractivity contribution in [3.8, 4) is 20.9 Å². The van der Waals surface area contributed by atoms with Crippen LogP contribution in [0.5, 0.6) is 0 Å². The molecule has 176 valence electrons. The summed E-state index contributed by atoms with van der Waals surface area (Å²) in [5, 5.41) is 16.0. The highest BCUT2D eigenvalue weighted by atomic mass is 32.1. The molecular formula is C25H20N4O4S2. The van der Waals surface area contributed by atoms with Crippen molar-refractivity contribution >= 4 is 50.0 Å². The molecule has 10 heteroatoms. The van der Waals surface area contributed by atoms with E-state index >= 15 is 0 Å². The Morgan fingerprint density at radius 2 is 1.77 bits per heavy atom. The molecule has 4 heterocycles. The summed E-state index contributed by atoms with van der Waals surface area (Å²) in [5.41, 5.74) is 3.20. The largest absolute Gasteiger partial charge is 0.481 e. The SMILES string of the molecule is Cn1ncc(-c2cc3sc(-c4ccc(CC(=O)O)nc4)cc3s2)c1NC(=O)OCc1ccccc1. The molecule has 0 fully saturated rings. The maximum Gasteiger partial charge on any atom is 0.413 e. The molecule has 0 unspecified atom stereocenters. The maximum atomic E-state index is 12.4. The van der Waals surface area contributed by atoms with E-state index in [0.29, 0.717) is 11.5 Å². The number of carbonyl (C=O) groups is 2. The third kappa shape index (κ3) is 5.08. The molecule has 0 saturated carbocycles. The first-order valence-corrected chi connectivity index (χ1v) is 12.3. The molecule has 2 N–H and O–H groups in total. The number of benzene rings is 1. The van der Waals surface area contributed by atoms with Gasteiger partial charge in [0.15, 0.2) is 0 Å². The van der Waals surface area contributed by atoms with Gasteiger partial charge >= 0.3 is 12.1 Å². The molecule has 5 rings (SSSR count). The average molecular weight is 505 g/mol. The van der Waals surface area contributed by atoms with Crippen LogP contribution in [0.2, 0.25) is 0 Å². The second-order valence-corrected chi connectivity index (χ2v) is 9.94. The van der Waals surface area contributed by atoms with Crippen LogP contribution in [0.4, 0.5) is 10.6 Å². The van der Waals surface area contributed by atoms with Crippen LogP contribution in [0.15, 0.2) is 67.0 Å². The zero-order valence-corrected chi connectivity index (χ0v) is 20.2. The van der Waals surface area contributed by atoms with E-state index in [1.165, 1.54) is 0 Å². The number of nitrogens with one attached hydrogen (secondary N) is 1. The fraction of sp³-hybridized carbons (Fsp3) is 0.120. The number of thiophene rings is 2. The van der Waals surface area contributed by atoms with Gasteiger partial charge in [0.25, 0.3) is 0 Å². The van der Waals surface area contributed by atoms with Crippen LogP contribution in [0, 0.1) is 0 Å². The summed E-state index contributed by atoms with van der Waals surface area (Å²) in [4.78, 5) is 29.6. The Balaban J connectivity index is 1.32. The topological polar surface area (TPSA) is 106 Å². The molecule has 0 atom stereocenters. The lowest BCUT2D eigenvalue weighted by molar-refractivity contribution is -0.136. The number of amides is 1. The van der Waals surface area contributed by atoms with Crippen LogP contribution in [-0.2, 0) is 29.6 Å². The number of hydrogen-bond donors (Lipinski definition) is 2. The molecule has 8 nitrogen and oxygen atoms in total. The summed E-state index contributed by atoms with van der Waals surface area (Å²) in [6.07, 6.45) is 2.80. The number of nitrogens with zero attached hydrogens (tertiary/aromatic N) is 3. The van der Waals surface area contributed by atoms with Gasteiger partial charge in [-0.2, -0.15) is 5.10 Å². The van der Waals surface area contributed by atoms with Crippen LogP contribution in [0.3, 0.4) is 0 Å². The van der Waals surface area contributed by atoms with Crippen molar-refractivity contribution in [1.29, 1.82) is 0 Å². The number of pyridine rings is 1. The van der Waals surface area contributed by atoms with Gasteiger partial charge in [0, 0.05) is 38.0 Å². The van der Waals surface area contributed by atoms with E-state index in [4.69, 9.17) is 9.84 Å². The van der Waals surface area contributed by atoms with Crippen LogP contribution < -0.4 is 5.32 Å². The lowest BCUT2D eigenvalue weighted by Crippen LogP contribution is -2.16. The van der Waals surface area contributed by atoms with Gasteiger partial charge in [0.2, 0.25) is 0 Å². The minimum Gasteiger partial charge on any atom is -0.481 e. The molecule has 0 radical (unpaired) electrons. The number of aliphatic carboxylic acids is 1. The number of carboxylic acids is 1. The Labute approximate surface area is 208 Å². The number of aromatic nitrogens is 3. The lowest BCUT2D eigenvalue weighted by Gasteiger charge is -2.09. The lowest BCUT2D eigenvalue weighted by atomic mass is 10.2. The second kappa shape index (κ2) is 9.69. The molecule has 0 aliphatic carbocycles. The molecule has 0 aliphatic rings. The van der Waals surface area contributed by atoms with Crippen LogP contribution in [0.25, 0.3) is 30.3 Å². The molecule has 1 amide bonds. The Morgan fingerprint density at radius 3 is 2.49 bits per heavy atom. The van der Waals surface area contributed by atoms with Gasteiger partial charge in [-0.3, -0.25) is 19.8 Å². The van der Waals surface area contributed by atoms with Crippen molar-refractivity contribution in [3.05, 3.63) is 78.2 Å². The zero-order valence-electron chi connectivity index (χ0n) is 18.6. The molecule has 1 aromatic carbocycles.